The smallest absolute Gasteiger partial charge is 0.260 e. The highest BCUT2D eigenvalue weighted by molar-refractivity contribution is 6.32. The summed E-state index contributed by atoms with van der Waals surface area (Å²) in [7, 11) is 0. The number of benzene rings is 1. The zero-order valence-corrected chi connectivity index (χ0v) is 12.5. The second-order valence-corrected chi connectivity index (χ2v) is 5.62. The molecule has 1 unspecified atom stereocenters. The lowest BCUT2D eigenvalue weighted by Crippen LogP contribution is -2.38. The quantitative estimate of drug-likeness (QED) is 0.929. The Kier molecular flexibility index (Phi) is 5.26. The van der Waals surface area contributed by atoms with Gasteiger partial charge in [0.15, 0.2) is 6.61 Å². The lowest BCUT2D eigenvalue weighted by atomic mass is 10.1. The highest BCUT2D eigenvalue weighted by Crippen LogP contribution is 2.27. The number of hydrogen-bond acceptors (Lipinski definition) is 3. The summed E-state index contributed by atoms with van der Waals surface area (Å²) in [6, 6.07) is 5.35. The summed E-state index contributed by atoms with van der Waals surface area (Å²) in [5.74, 6) is 0.554. The minimum atomic E-state index is -0.0727. The van der Waals surface area contributed by atoms with E-state index in [1.54, 1.807) is 12.1 Å². The van der Waals surface area contributed by atoms with Crippen molar-refractivity contribution in [1.29, 1.82) is 0 Å². The fourth-order valence-electron chi connectivity index (χ4n) is 2.29. The molecule has 1 aromatic rings. The third kappa shape index (κ3) is 3.87. The first kappa shape index (κ1) is 15.1. The van der Waals surface area contributed by atoms with Crippen molar-refractivity contribution in [3.63, 3.8) is 0 Å². The van der Waals surface area contributed by atoms with Crippen LogP contribution in [0.3, 0.4) is 0 Å². The lowest BCUT2D eigenvalue weighted by molar-refractivity contribution is -0.134. The molecule has 4 nitrogen and oxygen atoms in total. The molecule has 1 aliphatic rings. The summed E-state index contributed by atoms with van der Waals surface area (Å²) >= 11 is 6.14. The van der Waals surface area contributed by atoms with Crippen molar-refractivity contribution in [1.82, 2.24) is 4.90 Å². The molecule has 1 aliphatic heterocycles. The Hall–Kier alpha value is -1.26. The van der Waals surface area contributed by atoms with Crippen molar-refractivity contribution < 1.29 is 9.53 Å². The van der Waals surface area contributed by atoms with Crippen molar-refractivity contribution in [3.8, 4) is 5.75 Å². The summed E-state index contributed by atoms with van der Waals surface area (Å²) in [4.78, 5) is 13.9. The van der Waals surface area contributed by atoms with Crippen LogP contribution < -0.4 is 10.5 Å². The molecule has 110 valence electrons. The summed E-state index contributed by atoms with van der Waals surface area (Å²) in [6.07, 6.45) is 3.36. The second kappa shape index (κ2) is 6.95. The normalized spacial score (nSPS) is 16.9. The van der Waals surface area contributed by atoms with Crippen molar-refractivity contribution in [2.75, 3.05) is 19.7 Å². The van der Waals surface area contributed by atoms with Crippen LogP contribution in [0.15, 0.2) is 18.2 Å². The van der Waals surface area contributed by atoms with Crippen molar-refractivity contribution >= 4 is 17.5 Å². The lowest BCUT2D eigenvalue weighted by Gasteiger charge is -2.26. The minimum Gasteiger partial charge on any atom is -0.482 e. The van der Waals surface area contributed by atoms with E-state index in [9.17, 15) is 4.79 Å². The maximum atomic E-state index is 12.0. The van der Waals surface area contributed by atoms with E-state index < -0.39 is 0 Å². The SMILES string of the molecule is CC(N)c1ccc(OCC(=O)N2CCCCC2)c(Cl)c1. The van der Waals surface area contributed by atoms with Crippen LogP contribution in [0.1, 0.15) is 37.8 Å². The van der Waals surface area contributed by atoms with Crippen LogP contribution in [0.5, 0.6) is 5.75 Å². The molecule has 2 rings (SSSR count). The number of piperidine rings is 1. The maximum Gasteiger partial charge on any atom is 0.260 e. The Bertz CT molecular complexity index is 471. The van der Waals surface area contributed by atoms with Gasteiger partial charge >= 0.3 is 0 Å². The first-order valence-corrected chi connectivity index (χ1v) is 7.41. The van der Waals surface area contributed by atoms with Crippen LogP contribution in [0.4, 0.5) is 0 Å². The van der Waals surface area contributed by atoms with Gasteiger partial charge < -0.3 is 15.4 Å². The van der Waals surface area contributed by atoms with Gasteiger partial charge in [0.05, 0.1) is 5.02 Å². The predicted molar refractivity (Wildman–Crippen MR) is 80.0 cm³/mol. The molecule has 0 saturated carbocycles. The molecule has 1 amide bonds. The standard InChI is InChI=1S/C15H21ClN2O2/c1-11(17)12-5-6-14(13(16)9-12)20-10-15(19)18-7-3-2-4-8-18/h5-6,9,11H,2-4,7-8,10,17H2,1H3. The topological polar surface area (TPSA) is 55.6 Å². The molecule has 1 saturated heterocycles. The van der Waals surface area contributed by atoms with E-state index in [0.717, 1.165) is 31.5 Å². The summed E-state index contributed by atoms with van der Waals surface area (Å²) in [5.41, 5.74) is 6.74. The Balaban J connectivity index is 1.91. The number of amides is 1. The third-order valence-corrected chi connectivity index (χ3v) is 3.84. The van der Waals surface area contributed by atoms with Gasteiger partial charge in [0.1, 0.15) is 5.75 Å². The third-order valence-electron chi connectivity index (χ3n) is 3.54. The molecule has 0 aromatic heterocycles. The number of ether oxygens (including phenoxy) is 1. The Labute approximate surface area is 124 Å². The maximum absolute atomic E-state index is 12.0. The average Bonchev–Trinajstić information content (AvgIpc) is 2.46. The van der Waals surface area contributed by atoms with Gasteiger partial charge in [-0.25, -0.2) is 0 Å². The molecular formula is C15H21ClN2O2. The number of halogens is 1. The van der Waals surface area contributed by atoms with Crippen LogP contribution in [0.2, 0.25) is 5.02 Å². The van der Waals surface area contributed by atoms with E-state index in [0.29, 0.717) is 10.8 Å². The number of nitrogens with two attached hydrogens (primary N) is 1. The minimum absolute atomic E-state index is 0.0250. The van der Waals surface area contributed by atoms with E-state index in [2.05, 4.69) is 0 Å². The summed E-state index contributed by atoms with van der Waals surface area (Å²) in [6.45, 7) is 3.60. The molecule has 0 radical (unpaired) electrons. The second-order valence-electron chi connectivity index (χ2n) is 5.21. The molecule has 0 spiro atoms. The molecular weight excluding hydrogens is 276 g/mol. The number of likely N-dealkylation sites (tertiary alicyclic amines) is 1. The van der Waals surface area contributed by atoms with Crippen LogP contribution in [-0.2, 0) is 4.79 Å². The van der Waals surface area contributed by atoms with Gasteiger partial charge in [-0.1, -0.05) is 17.7 Å². The van der Waals surface area contributed by atoms with Crippen molar-refractivity contribution in [2.24, 2.45) is 5.73 Å². The molecule has 5 heteroatoms. The van der Waals surface area contributed by atoms with Gasteiger partial charge in [-0.15, -0.1) is 0 Å². The van der Waals surface area contributed by atoms with Crippen LogP contribution in [0.25, 0.3) is 0 Å². The van der Waals surface area contributed by atoms with Crippen LogP contribution in [-0.4, -0.2) is 30.5 Å². The molecule has 0 bridgehead atoms. The number of carbonyl (C=O) groups is 1. The predicted octanol–water partition coefficient (Wildman–Crippen LogP) is 2.75. The van der Waals surface area contributed by atoms with Gasteiger partial charge in [-0.3, -0.25) is 4.79 Å². The highest BCUT2D eigenvalue weighted by Gasteiger charge is 2.17. The van der Waals surface area contributed by atoms with E-state index in [4.69, 9.17) is 22.1 Å². The molecule has 0 aliphatic carbocycles. The van der Waals surface area contributed by atoms with Gasteiger partial charge in [0.25, 0.3) is 5.91 Å². The number of hydrogen-bond donors (Lipinski definition) is 1. The van der Waals surface area contributed by atoms with Gasteiger partial charge in [0.2, 0.25) is 0 Å². The van der Waals surface area contributed by atoms with Crippen molar-refractivity contribution in [3.05, 3.63) is 28.8 Å². The summed E-state index contributed by atoms with van der Waals surface area (Å²) < 4.78 is 5.52. The molecule has 1 fully saturated rings. The van der Waals surface area contributed by atoms with E-state index in [1.807, 2.05) is 17.9 Å². The molecule has 1 atom stereocenters. The van der Waals surface area contributed by atoms with Crippen LogP contribution in [0, 0.1) is 0 Å². The Morgan fingerprint density at radius 3 is 2.70 bits per heavy atom. The average molecular weight is 297 g/mol. The molecule has 2 N–H and O–H groups in total. The number of carbonyl (C=O) groups excluding carboxylic acids is 1. The highest BCUT2D eigenvalue weighted by atomic mass is 35.5. The van der Waals surface area contributed by atoms with Crippen molar-refractivity contribution in [2.45, 2.75) is 32.2 Å². The molecule has 20 heavy (non-hydrogen) atoms. The number of rotatable bonds is 4. The zero-order chi connectivity index (χ0) is 14.5. The van der Waals surface area contributed by atoms with E-state index in [1.165, 1.54) is 6.42 Å². The largest absolute Gasteiger partial charge is 0.482 e. The van der Waals surface area contributed by atoms with Gasteiger partial charge in [-0.05, 0) is 43.9 Å². The van der Waals surface area contributed by atoms with Gasteiger partial charge in [-0.2, -0.15) is 0 Å². The van der Waals surface area contributed by atoms with E-state index >= 15 is 0 Å². The Morgan fingerprint density at radius 2 is 2.10 bits per heavy atom. The fourth-order valence-corrected chi connectivity index (χ4v) is 2.53. The summed E-state index contributed by atoms with van der Waals surface area (Å²) in [5, 5.41) is 0.492. The zero-order valence-electron chi connectivity index (χ0n) is 11.8. The molecule has 1 heterocycles. The Morgan fingerprint density at radius 1 is 1.40 bits per heavy atom. The monoisotopic (exact) mass is 296 g/mol. The molecule has 1 aromatic carbocycles. The van der Waals surface area contributed by atoms with Crippen LogP contribution >= 0.6 is 11.6 Å². The van der Waals surface area contributed by atoms with Gasteiger partial charge in [0, 0.05) is 19.1 Å². The van der Waals surface area contributed by atoms with E-state index in [-0.39, 0.29) is 18.6 Å². The first-order chi connectivity index (χ1) is 9.58. The number of nitrogens with zero attached hydrogens (tertiary/aromatic N) is 1. The first-order valence-electron chi connectivity index (χ1n) is 7.03. The fraction of sp³-hybridized carbons (Fsp3) is 0.533.